The van der Waals surface area contributed by atoms with Gasteiger partial charge in [0, 0.05) is 6.54 Å². The van der Waals surface area contributed by atoms with Crippen LogP contribution < -0.4 is 10.1 Å². The molecule has 0 radical (unpaired) electrons. The van der Waals surface area contributed by atoms with Crippen LogP contribution >= 0.6 is 0 Å². The number of carboxylic acids is 1. The molecule has 2 rings (SSSR count). The molecule has 0 amide bonds. The smallest absolute Gasteiger partial charge is 0.308 e. The van der Waals surface area contributed by atoms with Crippen molar-refractivity contribution in [3.63, 3.8) is 0 Å². The van der Waals surface area contributed by atoms with Gasteiger partial charge in [-0.2, -0.15) is 0 Å². The van der Waals surface area contributed by atoms with Crippen LogP contribution in [0.2, 0.25) is 0 Å². The van der Waals surface area contributed by atoms with Gasteiger partial charge in [0.05, 0.1) is 13.0 Å². The van der Waals surface area contributed by atoms with E-state index in [4.69, 9.17) is 4.74 Å². The van der Waals surface area contributed by atoms with Crippen molar-refractivity contribution in [3.8, 4) is 5.75 Å². The number of aliphatic carboxylic acids is 1. The summed E-state index contributed by atoms with van der Waals surface area (Å²) in [6, 6.07) is 7.70. The van der Waals surface area contributed by atoms with Gasteiger partial charge in [0.15, 0.2) is 0 Å². The molecule has 0 saturated carbocycles. The lowest BCUT2D eigenvalue weighted by Gasteiger charge is -2.29. The van der Waals surface area contributed by atoms with Crippen LogP contribution in [0.1, 0.15) is 17.9 Å². The molecule has 2 N–H and O–H groups in total. The van der Waals surface area contributed by atoms with Gasteiger partial charge in [0.2, 0.25) is 0 Å². The molecule has 0 aromatic heterocycles. The molecular formula is C13H17NO3. The lowest BCUT2D eigenvalue weighted by atomic mass is 9.81. The molecule has 1 aromatic carbocycles. The Labute approximate surface area is 101 Å². The van der Waals surface area contributed by atoms with Crippen LogP contribution in [0, 0.1) is 5.92 Å². The molecule has 2 atom stereocenters. The number of benzene rings is 1. The molecule has 1 aliphatic rings. The van der Waals surface area contributed by atoms with E-state index >= 15 is 0 Å². The molecule has 17 heavy (non-hydrogen) atoms. The lowest BCUT2D eigenvalue weighted by Crippen LogP contribution is -2.39. The van der Waals surface area contributed by atoms with E-state index in [-0.39, 0.29) is 11.8 Å². The van der Waals surface area contributed by atoms with Gasteiger partial charge in [-0.15, -0.1) is 0 Å². The molecular weight excluding hydrogens is 218 g/mol. The third-order valence-electron chi connectivity index (χ3n) is 3.32. The van der Waals surface area contributed by atoms with Crippen LogP contribution in [0.15, 0.2) is 24.3 Å². The molecule has 2 unspecified atom stereocenters. The maximum absolute atomic E-state index is 11.2. The van der Waals surface area contributed by atoms with Gasteiger partial charge in [-0.3, -0.25) is 4.79 Å². The van der Waals surface area contributed by atoms with Gasteiger partial charge >= 0.3 is 5.97 Å². The van der Waals surface area contributed by atoms with E-state index in [0.717, 1.165) is 24.3 Å². The predicted molar refractivity (Wildman–Crippen MR) is 64.3 cm³/mol. The summed E-state index contributed by atoms with van der Waals surface area (Å²) in [5.41, 5.74) is 1.05. The number of nitrogens with one attached hydrogen (secondary N) is 1. The number of methoxy groups -OCH3 is 1. The van der Waals surface area contributed by atoms with E-state index < -0.39 is 5.97 Å². The minimum atomic E-state index is -0.731. The van der Waals surface area contributed by atoms with Crippen LogP contribution in [0.4, 0.5) is 0 Å². The Balaban J connectivity index is 2.26. The van der Waals surface area contributed by atoms with Crippen molar-refractivity contribution in [1.82, 2.24) is 5.32 Å². The highest BCUT2D eigenvalue weighted by Gasteiger charge is 2.31. The van der Waals surface area contributed by atoms with Crippen molar-refractivity contribution < 1.29 is 14.6 Å². The summed E-state index contributed by atoms with van der Waals surface area (Å²) < 4.78 is 5.18. The van der Waals surface area contributed by atoms with Crippen molar-refractivity contribution in [2.45, 2.75) is 12.3 Å². The summed E-state index contributed by atoms with van der Waals surface area (Å²) in [6.45, 7) is 1.41. The largest absolute Gasteiger partial charge is 0.497 e. The van der Waals surface area contributed by atoms with Gasteiger partial charge < -0.3 is 15.2 Å². The maximum atomic E-state index is 11.2. The first-order valence-electron chi connectivity index (χ1n) is 5.80. The molecule has 4 nitrogen and oxygen atoms in total. The molecule has 0 bridgehead atoms. The van der Waals surface area contributed by atoms with Crippen molar-refractivity contribution >= 4 is 5.97 Å². The van der Waals surface area contributed by atoms with E-state index in [1.165, 1.54) is 0 Å². The number of hydrogen-bond donors (Lipinski definition) is 2. The highest BCUT2D eigenvalue weighted by Crippen LogP contribution is 2.32. The maximum Gasteiger partial charge on any atom is 0.308 e. The van der Waals surface area contributed by atoms with Crippen molar-refractivity contribution in [3.05, 3.63) is 29.8 Å². The zero-order valence-corrected chi connectivity index (χ0v) is 9.85. The van der Waals surface area contributed by atoms with E-state index in [9.17, 15) is 9.90 Å². The van der Waals surface area contributed by atoms with Gasteiger partial charge in [0.25, 0.3) is 0 Å². The zero-order valence-electron chi connectivity index (χ0n) is 9.85. The Kier molecular flexibility index (Phi) is 3.64. The molecule has 1 aliphatic heterocycles. The molecule has 1 aromatic rings. The SMILES string of the molecule is COc1cccc(C2CCNCC2C(=O)O)c1. The van der Waals surface area contributed by atoms with Crippen LogP contribution in [0.25, 0.3) is 0 Å². The summed E-state index contributed by atoms with van der Waals surface area (Å²) in [6.07, 6.45) is 0.851. The highest BCUT2D eigenvalue weighted by atomic mass is 16.5. The number of hydrogen-bond acceptors (Lipinski definition) is 3. The molecule has 92 valence electrons. The number of carbonyl (C=O) groups is 1. The molecule has 1 heterocycles. The van der Waals surface area contributed by atoms with Crippen LogP contribution in [0.3, 0.4) is 0 Å². The van der Waals surface area contributed by atoms with Gasteiger partial charge in [0.1, 0.15) is 5.75 Å². The summed E-state index contributed by atoms with van der Waals surface area (Å²) in [4.78, 5) is 11.2. The minimum absolute atomic E-state index is 0.0730. The third-order valence-corrected chi connectivity index (χ3v) is 3.32. The first-order valence-corrected chi connectivity index (χ1v) is 5.80. The molecule has 0 aliphatic carbocycles. The fourth-order valence-electron chi connectivity index (χ4n) is 2.39. The van der Waals surface area contributed by atoms with E-state index in [1.807, 2.05) is 24.3 Å². The van der Waals surface area contributed by atoms with E-state index in [2.05, 4.69) is 5.32 Å². The Morgan fingerprint density at radius 2 is 2.35 bits per heavy atom. The lowest BCUT2D eigenvalue weighted by molar-refractivity contribution is -0.142. The number of piperidine rings is 1. The standard InChI is InChI=1S/C13H17NO3/c1-17-10-4-2-3-9(7-10)11-5-6-14-8-12(11)13(15)16/h2-4,7,11-12,14H,5-6,8H2,1H3,(H,15,16). The average Bonchev–Trinajstić information content (AvgIpc) is 2.39. The van der Waals surface area contributed by atoms with Crippen molar-refractivity contribution in [2.24, 2.45) is 5.92 Å². The molecule has 1 fully saturated rings. The average molecular weight is 235 g/mol. The quantitative estimate of drug-likeness (QED) is 0.833. The summed E-state index contributed by atoms with van der Waals surface area (Å²) in [5, 5.41) is 12.4. The second-order valence-corrected chi connectivity index (χ2v) is 4.32. The van der Waals surface area contributed by atoms with Gasteiger partial charge in [-0.1, -0.05) is 12.1 Å². The first-order chi connectivity index (χ1) is 8.22. The number of carboxylic acid groups (broad SMARTS) is 1. The zero-order chi connectivity index (χ0) is 12.3. The Morgan fingerprint density at radius 1 is 1.53 bits per heavy atom. The second-order valence-electron chi connectivity index (χ2n) is 4.32. The van der Waals surface area contributed by atoms with Gasteiger partial charge in [-0.05, 0) is 36.6 Å². The second kappa shape index (κ2) is 5.19. The molecule has 4 heteroatoms. The summed E-state index contributed by atoms with van der Waals surface area (Å²) in [7, 11) is 1.62. The Bertz CT molecular complexity index is 405. The molecule has 1 saturated heterocycles. The first kappa shape index (κ1) is 11.9. The topological polar surface area (TPSA) is 58.6 Å². The minimum Gasteiger partial charge on any atom is -0.497 e. The normalized spacial score (nSPS) is 24.3. The third kappa shape index (κ3) is 2.58. The van der Waals surface area contributed by atoms with Crippen LogP contribution in [-0.2, 0) is 4.79 Å². The summed E-state index contributed by atoms with van der Waals surface area (Å²) in [5.74, 6) is -0.227. The Hall–Kier alpha value is -1.55. The number of ether oxygens (including phenoxy) is 1. The number of rotatable bonds is 3. The van der Waals surface area contributed by atoms with Crippen molar-refractivity contribution in [2.75, 3.05) is 20.2 Å². The predicted octanol–water partition coefficient (Wildman–Crippen LogP) is 1.47. The molecule has 0 spiro atoms. The van der Waals surface area contributed by atoms with Crippen LogP contribution in [0.5, 0.6) is 5.75 Å². The van der Waals surface area contributed by atoms with Crippen LogP contribution in [-0.4, -0.2) is 31.3 Å². The monoisotopic (exact) mass is 235 g/mol. The van der Waals surface area contributed by atoms with E-state index in [1.54, 1.807) is 7.11 Å². The Morgan fingerprint density at radius 3 is 3.06 bits per heavy atom. The van der Waals surface area contributed by atoms with Crippen molar-refractivity contribution in [1.29, 1.82) is 0 Å². The van der Waals surface area contributed by atoms with E-state index in [0.29, 0.717) is 6.54 Å². The fraction of sp³-hybridized carbons (Fsp3) is 0.462. The van der Waals surface area contributed by atoms with Gasteiger partial charge in [-0.25, -0.2) is 0 Å². The highest BCUT2D eigenvalue weighted by molar-refractivity contribution is 5.72. The summed E-state index contributed by atoms with van der Waals surface area (Å²) >= 11 is 0. The fourth-order valence-corrected chi connectivity index (χ4v) is 2.39.